The Morgan fingerprint density at radius 2 is 1.26 bits per heavy atom. The van der Waals surface area contributed by atoms with Gasteiger partial charge in [0.05, 0.1) is 18.7 Å². The molecule has 0 saturated carbocycles. The van der Waals surface area contributed by atoms with E-state index in [1.54, 1.807) is 6.92 Å². The van der Waals surface area contributed by atoms with Crippen LogP contribution in [0, 0.1) is 5.92 Å². The summed E-state index contributed by atoms with van der Waals surface area (Å²) in [6, 6.07) is 17.2. The summed E-state index contributed by atoms with van der Waals surface area (Å²) in [7, 11) is 0. The highest BCUT2D eigenvalue weighted by Gasteiger charge is 2.43. The van der Waals surface area contributed by atoms with Crippen molar-refractivity contribution >= 4 is 52.9 Å². The molecule has 0 radical (unpaired) electrons. The summed E-state index contributed by atoms with van der Waals surface area (Å²) in [5.41, 5.74) is 1.75. The molecule has 2 aromatic rings. The maximum Gasteiger partial charge on any atom is 0.410 e. The number of carbonyl (C=O) groups excluding carboxylic acids is 5. The Balaban J connectivity index is 0.000000261. The van der Waals surface area contributed by atoms with Crippen LogP contribution < -0.4 is 0 Å². The van der Waals surface area contributed by atoms with Gasteiger partial charge in [-0.15, -0.1) is 0 Å². The molecule has 0 bridgehead atoms. The Bertz CT molecular complexity index is 1420. The molecule has 2 saturated heterocycles. The Hall–Kier alpha value is -4.15. The molecule has 47 heavy (non-hydrogen) atoms. The summed E-state index contributed by atoms with van der Waals surface area (Å²) in [5.74, 6) is -1.85. The van der Waals surface area contributed by atoms with Crippen molar-refractivity contribution < 1.29 is 38.2 Å². The second kappa shape index (κ2) is 18.9. The van der Waals surface area contributed by atoms with Crippen LogP contribution >= 0.6 is 23.2 Å². The number of Topliss-reactive ketones (excluding diaryl/α,β-unsaturated/α-hetero) is 2. The molecule has 2 aromatic carbocycles. The second-order valence-electron chi connectivity index (χ2n) is 11.0. The number of piperidine rings is 2. The van der Waals surface area contributed by atoms with Crippen molar-refractivity contribution in [1.29, 1.82) is 0 Å². The van der Waals surface area contributed by atoms with Crippen LogP contribution in [0.5, 0.6) is 0 Å². The summed E-state index contributed by atoms with van der Waals surface area (Å²) in [5, 5.41) is 0.602. The zero-order valence-corrected chi connectivity index (χ0v) is 27.9. The van der Waals surface area contributed by atoms with Gasteiger partial charge in [-0.1, -0.05) is 97.0 Å². The van der Waals surface area contributed by atoms with Crippen molar-refractivity contribution in [1.82, 2.24) is 9.80 Å². The third-order valence-electron chi connectivity index (χ3n) is 7.56. The summed E-state index contributed by atoms with van der Waals surface area (Å²) < 4.78 is 15.6. The number of carbonyl (C=O) groups is 5. The summed E-state index contributed by atoms with van der Waals surface area (Å²) in [6.45, 7) is 10.1. The average Bonchev–Trinajstić information content (AvgIpc) is 3.05. The van der Waals surface area contributed by atoms with Gasteiger partial charge in [0.2, 0.25) is 0 Å². The molecule has 0 N–H and O–H groups in total. The van der Waals surface area contributed by atoms with E-state index in [4.69, 9.17) is 37.4 Å². The largest absolute Gasteiger partial charge is 0.465 e. The smallest absolute Gasteiger partial charge is 0.410 e. The zero-order valence-electron chi connectivity index (χ0n) is 26.4. The summed E-state index contributed by atoms with van der Waals surface area (Å²) >= 11 is 11.7. The first-order valence-corrected chi connectivity index (χ1v) is 16.1. The van der Waals surface area contributed by atoms with E-state index in [-0.39, 0.29) is 56.4 Å². The lowest BCUT2D eigenvalue weighted by Gasteiger charge is -2.36. The normalized spacial score (nSPS) is 19.2. The number of ether oxygens (including phenoxy) is 3. The van der Waals surface area contributed by atoms with Gasteiger partial charge < -0.3 is 14.2 Å². The SMILES string of the molecule is C=C(Cl)CC1C(=O)C(C(=O)OCC)CCN1C(=O)OCc1ccccc1.C=C(Cl)CC1C(=O)CCCN1C(=O)OCc1ccccc1. The van der Waals surface area contributed by atoms with Gasteiger partial charge in [-0.2, -0.15) is 0 Å². The van der Waals surface area contributed by atoms with Crippen LogP contribution in [0.4, 0.5) is 9.59 Å². The molecule has 2 aliphatic rings. The summed E-state index contributed by atoms with van der Waals surface area (Å²) in [4.78, 5) is 64.1. The van der Waals surface area contributed by atoms with Gasteiger partial charge in [-0.05, 0) is 30.9 Å². The molecular weight excluding hydrogens is 647 g/mol. The Morgan fingerprint density at radius 1 is 0.766 bits per heavy atom. The van der Waals surface area contributed by atoms with Crippen molar-refractivity contribution in [3.8, 4) is 0 Å². The van der Waals surface area contributed by atoms with Crippen LogP contribution in [-0.4, -0.2) is 71.3 Å². The van der Waals surface area contributed by atoms with Crippen LogP contribution in [0.25, 0.3) is 0 Å². The molecule has 0 spiro atoms. The summed E-state index contributed by atoms with van der Waals surface area (Å²) in [6.07, 6.45) is 0.574. The third-order valence-corrected chi connectivity index (χ3v) is 7.87. The molecule has 2 fully saturated rings. The molecule has 2 amide bonds. The highest BCUT2D eigenvalue weighted by atomic mass is 35.5. The lowest BCUT2D eigenvalue weighted by molar-refractivity contribution is -0.155. The van der Waals surface area contributed by atoms with E-state index < -0.39 is 41.9 Å². The van der Waals surface area contributed by atoms with Gasteiger partial charge in [0.25, 0.3) is 0 Å². The van der Waals surface area contributed by atoms with Gasteiger partial charge in [-0.25, -0.2) is 9.59 Å². The highest BCUT2D eigenvalue weighted by molar-refractivity contribution is 6.29. The molecule has 252 valence electrons. The number of esters is 1. The molecule has 0 aliphatic carbocycles. The number of rotatable bonds is 10. The van der Waals surface area contributed by atoms with E-state index in [0.29, 0.717) is 24.4 Å². The fourth-order valence-electron chi connectivity index (χ4n) is 5.24. The van der Waals surface area contributed by atoms with Gasteiger partial charge in [0, 0.05) is 42.4 Å². The molecule has 3 unspecified atom stereocenters. The van der Waals surface area contributed by atoms with E-state index >= 15 is 0 Å². The number of halogens is 2. The van der Waals surface area contributed by atoms with Gasteiger partial charge in [0.1, 0.15) is 19.1 Å². The monoisotopic (exact) mass is 686 g/mol. The number of amides is 2. The number of likely N-dealkylation sites (tertiary alicyclic amines) is 2. The van der Waals surface area contributed by atoms with Gasteiger partial charge in [0.15, 0.2) is 11.6 Å². The van der Waals surface area contributed by atoms with Crippen molar-refractivity contribution in [3.05, 3.63) is 95.0 Å². The van der Waals surface area contributed by atoms with Crippen molar-refractivity contribution in [3.63, 3.8) is 0 Å². The van der Waals surface area contributed by atoms with Crippen LogP contribution in [0.15, 0.2) is 83.9 Å². The Morgan fingerprint density at radius 3 is 1.74 bits per heavy atom. The molecule has 12 heteroatoms. The fraction of sp³-hybridized carbons (Fsp3) is 0.400. The van der Waals surface area contributed by atoms with Crippen LogP contribution in [0.2, 0.25) is 0 Å². The zero-order chi connectivity index (χ0) is 34.3. The van der Waals surface area contributed by atoms with Gasteiger partial charge >= 0.3 is 18.2 Å². The second-order valence-corrected chi connectivity index (χ2v) is 12.1. The van der Waals surface area contributed by atoms with E-state index in [0.717, 1.165) is 11.1 Å². The number of ketones is 2. The predicted molar refractivity (Wildman–Crippen MR) is 177 cm³/mol. The molecule has 10 nitrogen and oxygen atoms in total. The average molecular weight is 688 g/mol. The topological polar surface area (TPSA) is 120 Å². The molecular formula is C35H40Cl2N2O8. The predicted octanol–water partition coefficient (Wildman–Crippen LogP) is 6.79. The minimum absolute atomic E-state index is 0.0136. The van der Waals surface area contributed by atoms with Crippen LogP contribution in [0.1, 0.15) is 50.2 Å². The first-order valence-electron chi connectivity index (χ1n) is 15.4. The maximum absolute atomic E-state index is 12.7. The maximum atomic E-state index is 12.7. The number of hydrogen-bond acceptors (Lipinski definition) is 8. The number of hydrogen-bond donors (Lipinski definition) is 0. The van der Waals surface area contributed by atoms with E-state index in [9.17, 15) is 24.0 Å². The highest BCUT2D eigenvalue weighted by Crippen LogP contribution is 2.27. The molecule has 4 rings (SSSR count). The van der Waals surface area contributed by atoms with E-state index in [1.165, 1.54) is 9.80 Å². The number of benzene rings is 2. The van der Waals surface area contributed by atoms with Crippen molar-refractivity contribution in [2.75, 3.05) is 19.7 Å². The van der Waals surface area contributed by atoms with E-state index in [2.05, 4.69) is 13.2 Å². The molecule has 0 aromatic heterocycles. The minimum atomic E-state index is -0.894. The first-order chi connectivity index (χ1) is 22.5. The quantitative estimate of drug-likeness (QED) is 0.152. The Labute approximate surface area is 285 Å². The van der Waals surface area contributed by atoms with Crippen LogP contribution in [-0.2, 0) is 41.8 Å². The van der Waals surface area contributed by atoms with Crippen LogP contribution in [0.3, 0.4) is 0 Å². The first kappa shape index (κ1) is 37.3. The lowest BCUT2D eigenvalue weighted by atomic mass is 9.88. The Kier molecular flexibility index (Phi) is 15.0. The van der Waals surface area contributed by atoms with Gasteiger partial charge in [-0.3, -0.25) is 24.2 Å². The molecule has 2 heterocycles. The standard InChI is InChI=1S/C19H22ClNO5.C16H18ClNO3/c1-3-25-18(23)15-9-10-21(16(17(15)22)11-13(2)20)19(24)26-12-14-7-5-4-6-8-14;1-12(17)10-14-15(19)8-5-9-18(14)16(20)21-11-13-6-3-2-4-7-13/h4-8,15-16H,2-3,9-12H2,1H3;2-4,6-7,14H,1,5,8-11H2. The molecule has 3 atom stereocenters. The molecule has 2 aliphatic heterocycles. The van der Waals surface area contributed by atoms with Crippen molar-refractivity contribution in [2.24, 2.45) is 5.92 Å². The lowest BCUT2D eigenvalue weighted by Crippen LogP contribution is -2.54. The number of nitrogens with zero attached hydrogens (tertiary/aromatic N) is 2. The minimum Gasteiger partial charge on any atom is -0.465 e. The van der Waals surface area contributed by atoms with E-state index in [1.807, 2.05) is 60.7 Å². The fourth-order valence-corrected chi connectivity index (χ4v) is 5.54. The third kappa shape index (κ3) is 11.6. The van der Waals surface area contributed by atoms with Crippen molar-refractivity contribution in [2.45, 2.75) is 64.3 Å².